The van der Waals surface area contributed by atoms with E-state index in [-0.39, 0.29) is 30.8 Å². The summed E-state index contributed by atoms with van der Waals surface area (Å²) >= 11 is 0.0989. The van der Waals surface area contributed by atoms with E-state index < -0.39 is 0 Å². The van der Waals surface area contributed by atoms with Gasteiger partial charge >= 0.3 is 51.8 Å². The average molecular weight is 186 g/mol. The van der Waals surface area contributed by atoms with Crippen LogP contribution in [-0.2, 0) is 7.65 Å². The normalized spacial score (nSPS) is 7.50. The molecule has 0 unspecified atom stereocenters. The number of hydrogen-bond acceptors (Lipinski definition) is 2. The Morgan fingerprint density at radius 3 is 2.50 bits per heavy atom. The van der Waals surface area contributed by atoms with E-state index in [1.165, 1.54) is 0 Å². The summed E-state index contributed by atoms with van der Waals surface area (Å²) in [5.74, 6) is -0.0641. The summed E-state index contributed by atoms with van der Waals surface area (Å²) in [6.45, 7) is 1.79. The van der Waals surface area contributed by atoms with E-state index in [2.05, 4.69) is 2.85 Å². The van der Waals surface area contributed by atoms with Crippen molar-refractivity contribution in [1.29, 1.82) is 0 Å². The van der Waals surface area contributed by atoms with Crippen molar-refractivity contribution in [2.45, 2.75) is 13.3 Å². The SMILES string of the molecule is CCC(=O)[O][111InH2]. The molecule has 0 fully saturated rings. The molecule has 0 radical (unpaired) electrons. The maximum absolute atomic E-state index is 10.0. The predicted molar refractivity (Wildman–Crippen MR) is 24.9 cm³/mol. The zero-order valence-corrected chi connectivity index (χ0v) is 9.73. The molecule has 0 aromatic carbocycles. The first kappa shape index (κ1) is 6.34. The number of rotatable bonds is 1. The van der Waals surface area contributed by atoms with E-state index in [4.69, 9.17) is 0 Å². The van der Waals surface area contributed by atoms with Crippen molar-refractivity contribution in [3.8, 4) is 0 Å². The molecule has 0 rings (SSSR count). The monoisotopic (exact) mass is 186 g/mol. The molecule has 0 aromatic rings. The minimum absolute atomic E-state index is 0.0641. The van der Waals surface area contributed by atoms with Gasteiger partial charge in [0.05, 0.1) is 0 Å². The Balaban J connectivity index is 2.99. The molecule has 6 heavy (non-hydrogen) atoms. The van der Waals surface area contributed by atoms with Gasteiger partial charge in [-0.15, -0.1) is 0 Å². The molecule has 0 aliphatic heterocycles. The van der Waals surface area contributed by atoms with Gasteiger partial charge in [-0.2, -0.15) is 0 Å². The average Bonchev–Trinajstić information content (AvgIpc) is 1.65. The van der Waals surface area contributed by atoms with Crippen LogP contribution in [0.5, 0.6) is 0 Å². The number of hydrogen-bond donors (Lipinski definition) is 0. The van der Waals surface area contributed by atoms with Gasteiger partial charge in [0.15, 0.2) is 0 Å². The first-order valence-electron chi connectivity index (χ1n) is 1.88. The van der Waals surface area contributed by atoms with Crippen LogP contribution >= 0.6 is 0 Å². The van der Waals surface area contributed by atoms with E-state index in [9.17, 15) is 4.79 Å². The molecular weight excluding hydrogens is 179 g/mol. The molecule has 0 atom stereocenters. The molecule has 0 aromatic heterocycles. The van der Waals surface area contributed by atoms with Gasteiger partial charge in [0.25, 0.3) is 0 Å². The van der Waals surface area contributed by atoms with E-state index in [0.29, 0.717) is 6.42 Å². The Morgan fingerprint density at radius 2 is 2.50 bits per heavy atom. The van der Waals surface area contributed by atoms with E-state index in [0.717, 1.165) is 0 Å². The van der Waals surface area contributed by atoms with Crippen molar-refractivity contribution >= 4 is 30.8 Å². The van der Waals surface area contributed by atoms with Gasteiger partial charge in [-0.05, 0) is 0 Å². The fourth-order valence-corrected chi connectivity index (χ4v) is 0.968. The van der Waals surface area contributed by atoms with Crippen LogP contribution in [0, 0.1) is 0 Å². The van der Waals surface area contributed by atoms with Crippen molar-refractivity contribution < 1.29 is 7.65 Å². The third kappa shape index (κ3) is 2.57. The summed E-state index contributed by atoms with van der Waals surface area (Å²) in [4.78, 5) is 10.0. The van der Waals surface area contributed by atoms with Crippen LogP contribution < -0.4 is 0 Å². The zero-order valence-electron chi connectivity index (χ0n) is 4.02. The quantitative estimate of drug-likeness (QED) is 0.551. The topological polar surface area (TPSA) is 26.3 Å². The summed E-state index contributed by atoms with van der Waals surface area (Å²) in [5, 5.41) is 0. The van der Waals surface area contributed by atoms with Crippen molar-refractivity contribution in [2.24, 2.45) is 0 Å². The molecule has 0 amide bonds. The Labute approximate surface area is 52.0 Å². The molecular formula is C3H7InO2. The van der Waals surface area contributed by atoms with Gasteiger partial charge in [-0.1, -0.05) is 0 Å². The molecule has 2 nitrogen and oxygen atoms in total. The van der Waals surface area contributed by atoms with Crippen LogP contribution in [0.4, 0.5) is 0 Å². The molecule has 0 saturated carbocycles. The van der Waals surface area contributed by atoms with Gasteiger partial charge in [0, 0.05) is 0 Å². The van der Waals surface area contributed by atoms with Crippen LogP contribution in [0.25, 0.3) is 0 Å². The van der Waals surface area contributed by atoms with Crippen LogP contribution in [-0.4, -0.2) is 30.8 Å². The van der Waals surface area contributed by atoms with E-state index in [1.54, 1.807) is 6.92 Å². The van der Waals surface area contributed by atoms with Crippen molar-refractivity contribution in [2.75, 3.05) is 0 Å². The van der Waals surface area contributed by atoms with Crippen LogP contribution in [0.1, 0.15) is 13.3 Å². The van der Waals surface area contributed by atoms with Gasteiger partial charge in [-0.25, -0.2) is 0 Å². The summed E-state index contributed by atoms with van der Waals surface area (Å²) in [6.07, 6.45) is 0.521. The van der Waals surface area contributed by atoms with E-state index in [1.807, 2.05) is 0 Å². The van der Waals surface area contributed by atoms with Crippen LogP contribution in [0.3, 0.4) is 0 Å². The molecule has 0 aliphatic carbocycles. The first-order valence-corrected chi connectivity index (χ1v) is 4.21. The Kier molecular flexibility index (Phi) is 3.73. The summed E-state index contributed by atoms with van der Waals surface area (Å²) < 4.78 is 4.47. The minimum atomic E-state index is -0.0641. The fourth-order valence-electron chi connectivity index (χ4n) is 0.144. The van der Waals surface area contributed by atoms with Crippen molar-refractivity contribution in [3.63, 3.8) is 0 Å². The van der Waals surface area contributed by atoms with Crippen molar-refractivity contribution in [3.05, 3.63) is 0 Å². The van der Waals surface area contributed by atoms with Gasteiger partial charge in [-0.3, -0.25) is 0 Å². The maximum atomic E-state index is 10.0. The third-order valence-electron chi connectivity index (χ3n) is 0.516. The van der Waals surface area contributed by atoms with Gasteiger partial charge in [0.2, 0.25) is 0 Å². The standard InChI is InChI=1S/C3H6O2.In.2H/c1-2-3(4)5;;;/h2H2,1H3,(H,4,5);;;/q;+1;;/p-1/i;1-4;;. The Hall–Kier alpha value is 0.340. The molecule has 0 N–H and O–H groups in total. The van der Waals surface area contributed by atoms with Crippen LogP contribution in [0.15, 0.2) is 0 Å². The number of carbonyl (C=O) groups excluding carboxylic acids is 1. The Bertz CT molecular complexity index is 46.8. The summed E-state index contributed by atoms with van der Waals surface area (Å²) in [5.41, 5.74) is 0. The summed E-state index contributed by atoms with van der Waals surface area (Å²) in [7, 11) is 0. The second-order valence-corrected chi connectivity index (χ2v) is 2.09. The second kappa shape index (κ2) is 3.53. The van der Waals surface area contributed by atoms with Gasteiger partial charge in [0.1, 0.15) is 0 Å². The summed E-state index contributed by atoms with van der Waals surface area (Å²) in [6, 6.07) is 0. The fraction of sp³-hybridized carbons (Fsp3) is 0.667. The second-order valence-electron chi connectivity index (χ2n) is 0.930. The Morgan fingerprint density at radius 1 is 2.00 bits per heavy atom. The van der Waals surface area contributed by atoms with Crippen molar-refractivity contribution in [1.82, 2.24) is 0 Å². The molecule has 0 aliphatic rings. The third-order valence-corrected chi connectivity index (χ3v) is 1.82. The molecule has 0 bridgehead atoms. The molecule has 0 heterocycles. The molecule has 0 spiro atoms. The molecule has 0 saturated heterocycles. The van der Waals surface area contributed by atoms with Crippen LogP contribution in [0.2, 0.25) is 0 Å². The first-order chi connectivity index (χ1) is 2.81. The zero-order chi connectivity index (χ0) is 4.99. The van der Waals surface area contributed by atoms with Gasteiger partial charge < -0.3 is 0 Å². The predicted octanol–water partition coefficient (Wildman–Crippen LogP) is -0.512. The molecule has 3 heteroatoms. The number of carbonyl (C=O) groups is 1. The molecule has 34 valence electrons. The van der Waals surface area contributed by atoms with E-state index >= 15 is 0 Å².